The highest BCUT2D eigenvalue weighted by atomic mass is 32.2. The lowest BCUT2D eigenvalue weighted by molar-refractivity contribution is -0.386. The van der Waals surface area contributed by atoms with Gasteiger partial charge in [0.05, 0.1) is 23.3 Å². The van der Waals surface area contributed by atoms with Gasteiger partial charge in [0.15, 0.2) is 5.75 Å². The lowest BCUT2D eigenvalue weighted by Crippen LogP contribution is -2.27. The van der Waals surface area contributed by atoms with Crippen LogP contribution in [0.15, 0.2) is 56.6 Å². The van der Waals surface area contributed by atoms with Crippen LogP contribution >= 0.6 is 0 Å². The highest BCUT2D eigenvalue weighted by molar-refractivity contribution is 7.89. The molecule has 0 saturated carbocycles. The molecule has 0 spiro atoms. The number of carbonyl (C=O) groups is 1. The minimum absolute atomic E-state index is 0.0832. The molecule has 1 N–H and O–H groups in total. The van der Waals surface area contributed by atoms with Gasteiger partial charge < -0.3 is 13.9 Å². The fourth-order valence-corrected chi connectivity index (χ4v) is 4.09. The molecule has 11 nitrogen and oxygen atoms in total. The minimum Gasteiger partial charge on any atom is -0.490 e. The van der Waals surface area contributed by atoms with E-state index >= 15 is 0 Å². The van der Waals surface area contributed by atoms with E-state index in [1.165, 1.54) is 19.2 Å². The van der Waals surface area contributed by atoms with Crippen molar-refractivity contribution in [2.24, 2.45) is 0 Å². The molecule has 0 saturated heterocycles. The minimum atomic E-state index is -4.11. The number of aryl methyl sites for hydroxylation is 1. The van der Waals surface area contributed by atoms with Crippen molar-refractivity contribution in [2.45, 2.75) is 24.8 Å². The number of nitrogens with one attached hydrogen (secondary N) is 1. The SMILES string of the molecule is COc1ccc(S(=O)(=O)NCCC(=O)OCc2cc(=O)oc3cc(C)ccc23)cc1[N+](=O)[O-]. The van der Waals surface area contributed by atoms with Crippen LogP contribution in [-0.2, 0) is 26.2 Å². The van der Waals surface area contributed by atoms with Crippen molar-refractivity contribution in [3.05, 3.63) is 74.1 Å². The molecule has 2 aromatic carbocycles. The zero-order chi connectivity index (χ0) is 24.2. The molecule has 33 heavy (non-hydrogen) atoms. The Morgan fingerprint density at radius 2 is 1.94 bits per heavy atom. The van der Waals surface area contributed by atoms with E-state index in [2.05, 4.69) is 4.72 Å². The Hall–Kier alpha value is -3.77. The Morgan fingerprint density at radius 1 is 1.18 bits per heavy atom. The maximum Gasteiger partial charge on any atom is 0.336 e. The molecule has 1 aromatic heterocycles. The van der Waals surface area contributed by atoms with E-state index in [1.54, 1.807) is 12.1 Å². The molecule has 174 valence electrons. The number of sulfonamides is 1. The lowest BCUT2D eigenvalue weighted by Gasteiger charge is -2.09. The number of hydrogen-bond acceptors (Lipinski definition) is 9. The zero-order valence-electron chi connectivity index (χ0n) is 17.7. The maximum atomic E-state index is 12.4. The van der Waals surface area contributed by atoms with Gasteiger partial charge in [-0.2, -0.15) is 0 Å². The monoisotopic (exact) mass is 476 g/mol. The van der Waals surface area contributed by atoms with E-state index in [9.17, 15) is 28.1 Å². The second-order valence-corrected chi connectivity index (χ2v) is 8.76. The normalized spacial score (nSPS) is 11.3. The molecule has 0 aliphatic rings. The van der Waals surface area contributed by atoms with Crippen molar-refractivity contribution in [1.82, 2.24) is 4.72 Å². The van der Waals surface area contributed by atoms with Crippen molar-refractivity contribution < 1.29 is 32.0 Å². The van der Waals surface area contributed by atoms with Crippen LogP contribution < -0.4 is 15.1 Å². The molecule has 1 heterocycles. The first-order chi connectivity index (χ1) is 15.6. The summed E-state index contributed by atoms with van der Waals surface area (Å²) in [7, 11) is -2.89. The molecule has 3 rings (SSSR count). The summed E-state index contributed by atoms with van der Waals surface area (Å²) in [4.78, 5) is 33.8. The van der Waals surface area contributed by atoms with E-state index < -0.39 is 32.2 Å². The van der Waals surface area contributed by atoms with Crippen molar-refractivity contribution in [1.29, 1.82) is 0 Å². The first-order valence-electron chi connectivity index (χ1n) is 9.62. The van der Waals surface area contributed by atoms with E-state index in [-0.39, 0.29) is 30.2 Å². The van der Waals surface area contributed by atoms with Gasteiger partial charge in [-0.3, -0.25) is 14.9 Å². The summed E-state index contributed by atoms with van der Waals surface area (Å²) in [5.74, 6) is -0.785. The van der Waals surface area contributed by atoms with Crippen LogP contribution in [0, 0.1) is 17.0 Å². The number of benzene rings is 2. The Bertz CT molecular complexity index is 1380. The molecule has 12 heteroatoms. The summed E-state index contributed by atoms with van der Waals surface area (Å²) in [5, 5.41) is 11.7. The van der Waals surface area contributed by atoms with Gasteiger partial charge in [-0.1, -0.05) is 12.1 Å². The zero-order valence-corrected chi connectivity index (χ0v) is 18.5. The van der Waals surface area contributed by atoms with Gasteiger partial charge in [0.25, 0.3) is 0 Å². The summed E-state index contributed by atoms with van der Waals surface area (Å²) in [5.41, 5.74) is 0.639. The highest BCUT2D eigenvalue weighted by Crippen LogP contribution is 2.29. The molecule has 0 radical (unpaired) electrons. The summed E-state index contributed by atoms with van der Waals surface area (Å²) in [6.07, 6.45) is -0.296. The predicted octanol–water partition coefficient (Wildman–Crippen LogP) is 2.43. The third kappa shape index (κ3) is 5.73. The molecule has 0 bridgehead atoms. The molecule has 0 fully saturated rings. The summed E-state index contributed by atoms with van der Waals surface area (Å²) >= 11 is 0. The van der Waals surface area contributed by atoms with Crippen LogP contribution in [0.3, 0.4) is 0 Å². The number of esters is 1. The van der Waals surface area contributed by atoms with Gasteiger partial charge in [0, 0.05) is 29.6 Å². The van der Waals surface area contributed by atoms with Crippen molar-refractivity contribution in [3.8, 4) is 5.75 Å². The van der Waals surface area contributed by atoms with Crippen LogP contribution in [0.2, 0.25) is 0 Å². The van der Waals surface area contributed by atoms with E-state index in [0.717, 1.165) is 17.7 Å². The quantitative estimate of drug-likeness (QED) is 0.212. The predicted molar refractivity (Wildman–Crippen MR) is 116 cm³/mol. The molecule has 0 amide bonds. The van der Waals surface area contributed by atoms with Crippen molar-refractivity contribution >= 4 is 32.6 Å². The first kappa shape index (κ1) is 23.9. The second-order valence-electron chi connectivity index (χ2n) is 6.99. The number of fused-ring (bicyclic) bond motifs is 1. The Balaban J connectivity index is 1.61. The lowest BCUT2D eigenvalue weighted by atomic mass is 10.1. The first-order valence-corrected chi connectivity index (χ1v) is 11.1. The molecule has 0 atom stereocenters. The number of ether oxygens (including phenoxy) is 2. The van der Waals surface area contributed by atoms with Crippen molar-refractivity contribution in [3.63, 3.8) is 0 Å². The van der Waals surface area contributed by atoms with Crippen molar-refractivity contribution in [2.75, 3.05) is 13.7 Å². The fraction of sp³-hybridized carbons (Fsp3) is 0.238. The van der Waals surface area contributed by atoms with Crippen LogP contribution in [-0.4, -0.2) is 33.0 Å². The summed E-state index contributed by atoms with van der Waals surface area (Å²) in [6.45, 7) is 1.36. The smallest absolute Gasteiger partial charge is 0.336 e. The number of nitro groups is 1. The molecule has 0 unspecified atom stereocenters. The summed E-state index contributed by atoms with van der Waals surface area (Å²) in [6, 6.07) is 9.69. The molecular weight excluding hydrogens is 456 g/mol. The molecule has 0 aliphatic heterocycles. The van der Waals surface area contributed by atoms with Gasteiger partial charge in [-0.05, 0) is 30.7 Å². The number of hydrogen-bond donors (Lipinski definition) is 1. The Labute approximate surface area is 188 Å². The number of nitrogens with zero attached hydrogens (tertiary/aromatic N) is 1. The van der Waals surface area contributed by atoms with Crippen LogP contribution in [0.4, 0.5) is 5.69 Å². The van der Waals surface area contributed by atoms with Gasteiger partial charge in [-0.25, -0.2) is 17.9 Å². The van der Waals surface area contributed by atoms with Crippen LogP contribution in [0.25, 0.3) is 11.0 Å². The third-order valence-electron chi connectivity index (χ3n) is 4.65. The molecule has 3 aromatic rings. The van der Waals surface area contributed by atoms with Gasteiger partial charge in [0.2, 0.25) is 10.0 Å². The van der Waals surface area contributed by atoms with E-state index in [1.807, 2.05) is 13.0 Å². The number of rotatable bonds is 9. The standard InChI is InChI=1S/C21H20N2O9S/c1-13-3-5-16-14(10-21(25)32-19(16)9-13)12-31-20(24)7-8-22-33(28,29)15-4-6-18(30-2)17(11-15)23(26)27/h3-6,9-11,22H,7-8,12H2,1-2H3. The number of nitro benzene ring substituents is 1. The average molecular weight is 476 g/mol. The van der Waals surface area contributed by atoms with E-state index in [4.69, 9.17) is 13.9 Å². The largest absolute Gasteiger partial charge is 0.490 e. The van der Waals surface area contributed by atoms with Gasteiger partial charge in [0.1, 0.15) is 12.2 Å². The van der Waals surface area contributed by atoms with E-state index in [0.29, 0.717) is 16.5 Å². The Kier molecular flexibility index (Phi) is 7.09. The van der Waals surface area contributed by atoms with Crippen LogP contribution in [0.5, 0.6) is 5.75 Å². The molecular formula is C21H20N2O9S. The number of carbonyl (C=O) groups excluding carboxylic acids is 1. The van der Waals surface area contributed by atoms with Gasteiger partial charge in [-0.15, -0.1) is 0 Å². The molecule has 0 aliphatic carbocycles. The second kappa shape index (κ2) is 9.79. The topological polar surface area (TPSA) is 155 Å². The summed E-state index contributed by atoms with van der Waals surface area (Å²) < 4.78 is 42.2. The third-order valence-corrected chi connectivity index (χ3v) is 6.11. The number of methoxy groups -OCH3 is 1. The highest BCUT2D eigenvalue weighted by Gasteiger charge is 2.22. The average Bonchev–Trinajstić information content (AvgIpc) is 2.76. The Morgan fingerprint density at radius 3 is 2.64 bits per heavy atom. The fourth-order valence-electron chi connectivity index (χ4n) is 3.04. The maximum absolute atomic E-state index is 12.4. The van der Waals surface area contributed by atoms with Crippen LogP contribution in [0.1, 0.15) is 17.5 Å². The van der Waals surface area contributed by atoms with Gasteiger partial charge >= 0.3 is 17.3 Å².